The Morgan fingerprint density at radius 1 is 1.44 bits per heavy atom. The Hall–Kier alpha value is -1.07. The van der Waals surface area contributed by atoms with Crippen molar-refractivity contribution in [1.29, 1.82) is 0 Å². The van der Waals surface area contributed by atoms with E-state index in [-0.39, 0.29) is 12.5 Å². The number of carbonyl (C=O) groups is 1. The number of carboxylic acid groups (broad SMARTS) is 1. The number of nitrogens with one attached hydrogen (secondary N) is 1. The van der Waals surface area contributed by atoms with Gasteiger partial charge in [-0.3, -0.25) is 4.79 Å². The topological polar surface area (TPSA) is 52.6 Å². The predicted octanol–water partition coefficient (Wildman–Crippen LogP) is 2.09. The lowest BCUT2D eigenvalue weighted by molar-refractivity contribution is -0.137. The molecule has 4 nitrogen and oxygen atoms in total. The first-order chi connectivity index (χ1) is 8.66. The SMILES string of the molecule is O=C(O)CCC1CNCCN1c1ccc(Br)cc1. The first-order valence-electron chi connectivity index (χ1n) is 6.11. The van der Waals surface area contributed by atoms with Crippen molar-refractivity contribution in [2.45, 2.75) is 18.9 Å². The zero-order chi connectivity index (χ0) is 13.0. The Labute approximate surface area is 115 Å². The van der Waals surface area contributed by atoms with Gasteiger partial charge in [0.1, 0.15) is 0 Å². The Balaban J connectivity index is 2.07. The summed E-state index contributed by atoms with van der Waals surface area (Å²) in [6.07, 6.45) is 0.901. The summed E-state index contributed by atoms with van der Waals surface area (Å²) in [7, 11) is 0. The van der Waals surface area contributed by atoms with Gasteiger partial charge in [0, 0.05) is 42.3 Å². The number of hydrogen-bond donors (Lipinski definition) is 2. The molecule has 1 aliphatic rings. The van der Waals surface area contributed by atoms with E-state index in [1.807, 2.05) is 12.1 Å². The molecule has 0 radical (unpaired) electrons. The molecule has 2 N–H and O–H groups in total. The van der Waals surface area contributed by atoms with Gasteiger partial charge in [0.15, 0.2) is 0 Å². The molecule has 1 heterocycles. The van der Waals surface area contributed by atoms with Crippen LogP contribution >= 0.6 is 15.9 Å². The van der Waals surface area contributed by atoms with Crippen molar-refractivity contribution < 1.29 is 9.90 Å². The van der Waals surface area contributed by atoms with E-state index < -0.39 is 5.97 Å². The summed E-state index contributed by atoms with van der Waals surface area (Å²) >= 11 is 3.43. The first kappa shape index (κ1) is 13.4. The van der Waals surface area contributed by atoms with Crippen LogP contribution in [0.4, 0.5) is 5.69 Å². The standard InChI is InChI=1S/C13H17BrN2O2/c14-10-1-3-11(4-2-10)16-8-7-15-9-12(16)5-6-13(17)18/h1-4,12,15H,5-9H2,(H,17,18). The molecule has 0 aliphatic carbocycles. The lowest BCUT2D eigenvalue weighted by atomic mass is 10.1. The quantitative estimate of drug-likeness (QED) is 0.894. The number of carboxylic acids is 1. The lowest BCUT2D eigenvalue weighted by Gasteiger charge is -2.38. The highest BCUT2D eigenvalue weighted by molar-refractivity contribution is 9.10. The largest absolute Gasteiger partial charge is 0.481 e. The van der Waals surface area contributed by atoms with Crippen molar-refractivity contribution in [3.63, 3.8) is 0 Å². The second-order valence-electron chi connectivity index (χ2n) is 4.46. The average molecular weight is 313 g/mol. The summed E-state index contributed by atoms with van der Waals surface area (Å²) in [5, 5.41) is 12.1. The van der Waals surface area contributed by atoms with Crippen molar-refractivity contribution in [2.24, 2.45) is 0 Å². The number of rotatable bonds is 4. The van der Waals surface area contributed by atoms with Crippen molar-refractivity contribution in [2.75, 3.05) is 24.5 Å². The van der Waals surface area contributed by atoms with E-state index in [0.29, 0.717) is 6.42 Å². The molecule has 1 aromatic rings. The number of piperazine rings is 1. The first-order valence-corrected chi connectivity index (χ1v) is 6.91. The van der Waals surface area contributed by atoms with Crippen LogP contribution in [-0.2, 0) is 4.79 Å². The monoisotopic (exact) mass is 312 g/mol. The van der Waals surface area contributed by atoms with Crippen molar-refractivity contribution in [3.05, 3.63) is 28.7 Å². The highest BCUT2D eigenvalue weighted by Gasteiger charge is 2.22. The van der Waals surface area contributed by atoms with Crippen LogP contribution in [0, 0.1) is 0 Å². The molecule has 1 unspecified atom stereocenters. The normalized spacial score (nSPS) is 19.8. The molecule has 0 spiro atoms. The van der Waals surface area contributed by atoms with Crippen LogP contribution in [0.15, 0.2) is 28.7 Å². The van der Waals surface area contributed by atoms with Crippen LogP contribution in [0.5, 0.6) is 0 Å². The van der Waals surface area contributed by atoms with Gasteiger partial charge in [-0.25, -0.2) is 0 Å². The van der Waals surface area contributed by atoms with Gasteiger partial charge in [-0.05, 0) is 30.7 Å². The minimum absolute atomic E-state index is 0.222. The van der Waals surface area contributed by atoms with Crippen LogP contribution in [0.25, 0.3) is 0 Å². The number of halogens is 1. The fourth-order valence-corrected chi connectivity index (χ4v) is 2.55. The fourth-order valence-electron chi connectivity index (χ4n) is 2.28. The van der Waals surface area contributed by atoms with E-state index in [1.165, 1.54) is 0 Å². The maximum absolute atomic E-state index is 10.7. The maximum Gasteiger partial charge on any atom is 0.303 e. The molecule has 0 saturated carbocycles. The van der Waals surface area contributed by atoms with Crippen LogP contribution in [-0.4, -0.2) is 36.8 Å². The molecule has 18 heavy (non-hydrogen) atoms. The van der Waals surface area contributed by atoms with E-state index in [0.717, 1.165) is 29.8 Å². The van der Waals surface area contributed by atoms with Crippen LogP contribution < -0.4 is 10.2 Å². The minimum Gasteiger partial charge on any atom is -0.481 e. The summed E-state index contributed by atoms with van der Waals surface area (Å²) in [5.74, 6) is -0.726. The van der Waals surface area contributed by atoms with Crippen molar-refractivity contribution >= 4 is 27.6 Å². The summed E-state index contributed by atoms with van der Waals surface area (Å²) < 4.78 is 1.06. The van der Waals surface area contributed by atoms with Gasteiger partial charge in [0.2, 0.25) is 0 Å². The predicted molar refractivity (Wildman–Crippen MR) is 75.0 cm³/mol. The molecule has 0 amide bonds. The molecule has 1 saturated heterocycles. The third-order valence-corrected chi connectivity index (χ3v) is 3.73. The molecule has 1 atom stereocenters. The summed E-state index contributed by atoms with van der Waals surface area (Å²) in [6, 6.07) is 8.44. The molecule has 98 valence electrons. The Bertz CT molecular complexity index is 408. The Morgan fingerprint density at radius 3 is 2.83 bits per heavy atom. The highest BCUT2D eigenvalue weighted by Crippen LogP contribution is 2.23. The van der Waals surface area contributed by atoms with Gasteiger partial charge in [-0.1, -0.05) is 15.9 Å². The summed E-state index contributed by atoms with van der Waals surface area (Å²) in [4.78, 5) is 13.0. The molecule has 0 aromatic heterocycles. The second kappa shape index (κ2) is 6.20. The number of anilines is 1. The summed E-state index contributed by atoms with van der Waals surface area (Å²) in [6.45, 7) is 2.72. The number of benzene rings is 1. The molecule has 0 bridgehead atoms. The van der Waals surface area contributed by atoms with Crippen molar-refractivity contribution in [3.8, 4) is 0 Å². The van der Waals surface area contributed by atoms with Gasteiger partial charge >= 0.3 is 5.97 Å². The van der Waals surface area contributed by atoms with Crippen LogP contribution in [0.3, 0.4) is 0 Å². The lowest BCUT2D eigenvalue weighted by Crippen LogP contribution is -2.51. The molecule has 1 aromatic carbocycles. The van der Waals surface area contributed by atoms with E-state index in [2.05, 4.69) is 38.3 Å². The highest BCUT2D eigenvalue weighted by atomic mass is 79.9. The fraction of sp³-hybridized carbons (Fsp3) is 0.462. The third-order valence-electron chi connectivity index (χ3n) is 3.20. The second-order valence-corrected chi connectivity index (χ2v) is 5.38. The Morgan fingerprint density at radius 2 is 2.17 bits per heavy atom. The molecule has 1 aliphatic heterocycles. The average Bonchev–Trinajstić information content (AvgIpc) is 2.38. The smallest absolute Gasteiger partial charge is 0.303 e. The van der Waals surface area contributed by atoms with Crippen LogP contribution in [0.1, 0.15) is 12.8 Å². The van der Waals surface area contributed by atoms with Gasteiger partial charge in [0.05, 0.1) is 0 Å². The van der Waals surface area contributed by atoms with E-state index in [9.17, 15) is 4.79 Å². The Kier molecular flexibility index (Phi) is 4.60. The van der Waals surface area contributed by atoms with Gasteiger partial charge < -0.3 is 15.3 Å². The van der Waals surface area contributed by atoms with Crippen molar-refractivity contribution in [1.82, 2.24) is 5.32 Å². The molecular weight excluding hydrogens is 296 g/mol. The number of hydrogen-bond acceptors (Lipinski definition) is 3. The zero-order valence-electron chi connectivity index (χ0n) is 10.1. The zero-order valence-corrected chi connectivity index (χ0v) is 11.7. The van der Waals surface area contributed by atoms with Crippen LogP contribution in [0.2, 0.25) is 0 Å². The molecule has 2 rings (SSSR count). The summed E-state index contributed by atoms with van der Waals surface area (Å²) in [5.41, 5.74) is 1.16. The molecule has 1 fully saturated rings. The van der Waals surface area contributed by atoms with E-state index in [1.54, 1.807) is 0 Å². The van der Waals surface area contributed by atoms with Gasteiger partial charge in [-0.15, -0.1) is 0 Å². The van der Waals surface area contributed by atoms with Gasteiger partial charge in [-0.2, -0.15) is 0 Å². The van der Waals surface area contributed by atoms with E-state index >= 15 is 0 Å². The number of nitrogens with zero attached hydrogens (tertiary/aromatic N) is 1. The minimum atomic E-state index is -0.726. The molecule has 5 heteroatoms. The van der Waals surface area contributed by atoms with E-state index in [4.69, 9.17) is 5.11 Å². The maximum atomic E-state index is 10.7. The van der Waals surface area contributed by atoms with Gasteiger partial charge in [0.25, 0.3) is 0 Å². The molecular formula is C13H17BrN2O2. The number of aliphatic carboxylic acids is 1. The third kappa shape index (κ3) is 3.46.